The first kappa shape index (κ1) is 9.91. The highest BCUT2D eigenvalue weighted by atomic mass is 80.0. The molecule has 0 atom stereocenters. The van der Waals surface area contributed by atoms with Gasteiger partial charge >= 0.3 is 5.97 Å². The van der Waals surface area contributed by atoms with Gasteiger partial charge in [0.05, 0.1) is 0 Å². The lowest BCUT2D eigenvalue weighted by Crippen LogP contribution is -2.12. The van der Waals surface area contributed by atoms with E-state index in [2.05, 4.69) is 47.8 Å². The fraction of sp³-hybridized carbons (Fsp3) is 0.750. The number of halogens is 3. The largest absolute Gasteiger partial charge is 0.427 e. The Morgan fingerprint density at radius 3 is 2.11 bits per heavy atom. The summed E-state index contributed by atoms with van der Waals surface area (Å²) in [6.07, 6.45) is 0.366. The van der Waals surface area contributed by atoms with E-state index in [4.69, 9.17) is 4.74 Å². The number of carbonyl (C=O) groups excluding carboxylic acids is 1. The maximum atomic E-state index is 10.5. The fourth-order valence-corrected chi connectivity index (χ4v) is 0.743. The van der Waals surface area contributed by atoms with E-state index in [1.807, 2.05) is 0 Å². The molecule has 0 fully saturated rings. The third kappa shape index (κ3) is 6.80. The molecule has 9 heavy (non-hydrogen) atoms. The summed E-state index contributed by atoms with van der Waals surface area (Å²) >= 11 is 9.03. The van der Waals surface area contributed by atoms with Crippen molar-refractivity contribution in [3.05, 3.63) is 0 Å². The molecule has 54 valence electrons. The summed E-state index contributed by atoms with van der Waals surface area (Å²) in [7, 11) is 0. The molecule has 5 heteroatoms. The second-order valence-electron chi connectivity index (χ2n) is 1.27. The van der Waals surface area contributed by atoms with Gasteiger partial charge in [-0.1, -0.05) is 6.92 Å². The first-order valence-electron chi connectivity index (χ1n) is 2.24. The Morgan fingerprint density at radius 2 is 2.00 bits per heavy atom. The van der Waals surface area contributed by atoms with Crippen molar-refractivity contribution in [3.8, 4) is 0 Å². The maximum absolute atomic E-state index is 10.5. The zero-order chi connectivity index (χ0) is 7.49. The van der Waals surface area contributed by atoms with Crippen LogP contribution in [-0.4, -0.2) is 8.30 Å². The van der Waals surface area contributed by atoms with E-state index in [1.54, 1.807) is 6.92 Å². The lowest BCUT2D eigenvalue weighted by Gasteiger charge is -2.11. The van der Waals surface area contributed by atoms with Gasteiger partial charge in [0.1, 0.15) is 0 Å². The Labute approximate surface area is 78.7 Å². The van der Waals surface area contributed by atoms with Crippen molar-refractivity contribution < 1.29 is 9.53 Å². The van der Waals surface area contributed by atoms with Crippen molar-refractivity contribution in [1.82, 2.24) is 0 Å². The molecular formula is C4H5Br3O2. The molecule has 0 bridgehead atoms. The van der Waals surface area contributed by atoms with E-state index in [1.165, 1.54) is 0 Å². The predicted octanol–water partition coefficient (Wildman–Crippen LogP) is 2.74. The van der Waals surface area contributed by atoms with Gasteiger partial charge in [-0.05, 0) is 47.8 Å². The summed E-state index contributed by atoms with van der Waals surface area (Å²) in [5.41, 5.74) is 0. The minimum Gasteiger partial charge on any atom is -0.427 e. The van der Waals surface area contributed by atoms with Gasteiger partial charge in [-0.25, -0.2) is 0 Å². The molecule has 0 aliphatic carbocycles. The smallest absolute Gasteiger partial charge is 0.308 e. The van der Waals surface area contributed by atoms with Crippen LogP contribution in [-0.2, 0) is 9.53 Å². The zero-order valence-electron chi connectivity index (χ0n) is 4.66. The minimum absolute atomic E-state index is 0.277. The molecule has 0 amide bonds. The molecule has 0 aliphatic heterocycles. The molecule has 0 aliphatic rings. The quantitative estimate of drug-likeness (QED) is 0.547. The molecule has 0 spiro atoms. The van der Waals surface area contributed by atoms with Gasteiger partial charge in [-0.2, -0.15) is 0 Å². The van der Waals surface area contributed by atoms with Gasteiger partial charge in [0.25, 0.3) is 2.33 Å². The van der Waals surface area contributed by atoms with Crippen LogP contribution >= 0.6 is 47.8 Å². The van der Waals surface area contributed by atoms with Gasteiger partial charge in [-0.15, -0.1) is 0 Å². The second-order valence-corrected chi connectivity index (χ2v) is 7.82. The number of alkyl halides is 3. The van der Waals surface area contributed by atoms with E-state index < -0.39 is 2.33 Å². The van der Waals surface area contributed by atoms with E-state index in [0.29, 0.717) is 6.42 Å². The number of hydrogen-bond acceptors (Lipinski definition) is 2. The van der Waals surface area contributed by atoms with Gasteiger partial charge in [0, 0.05) is 6.42 Å². The predicted molar refractivity (Wildman–Crippen MR) is 45.9 cm³/mol. The summed E-state index contributed by atoms with van der Waals surface area (Å²) in [5.74, 6) is -0.277. The highest BCUT2D eigenvalue weighted by molar-refractivity contribution is 9.39. The van der Waals surface area contributed by atoms with Crippen LogP contribution < -0.4 is 0 Å². The van der Waals surface area contributed by atoms with Crippen LogP contribution in [0.2, 0.25) is 0 Å². The van der Waals surface area contributed by atoms with E-state index in [9.17, 15) is 4.79 Å². The van der Waals surface area contributed by atoms with Gasteiger partial charge in [0.15, 0.2) is 0 Å². The SMILES string of the molecule is CCC(=O)OC(Br)(Br)Br. The van der Waals surface area contributed by atoms with Crippen LogP contribution in [0.4, 0.5) is 0 Å². The molecule has 0 saturated heterocycles. The molecule has 0 heterocycles. The lowest BCUT2D eigenvalue weighted by atomic mass is 10.5. The molecule has 2 nitrogen and oxygen atoms in total. The molecule has 0 N–H and O–H groups in total. The standard InChI is InChI=1S/C4H5Br3O2/c1-2-3(8)9-4(5,6)7/h2H2,1H3. The van der Waals surface area contributed by atoms with Crippen molar-refractivity contribution in [1.29, 1.82) is 0 Å². The zero-order valence-corrected chi connectivity index (χ0v) is 9.42. The highest BCUT2D eigenvalue weighted by Gasteiger charge is 2.21. The molecule has 0 rings (SSSR count). The molecular weight excluding hydrogens is 320 g/mol. The third-order valence-corrected chi connectivity index (χ3v) is 1.00. The molecule has 0 aromatic rings. The maximum Gasteiger partial charge on any atom is 0.308 e. The van der Waals surface area contributed by atoms with Gasteiger partial charge in [0.2, 0.25) is 0 Å². The summed E-state index contributed by atoms with van der Waals surface area (Å²) < 4.78 is 3.81. The van der Waals surface area contributed by atoms with Crippen molar-refractivity contribution in [2.45, 2.75) is 15.7 Å². The van der Waals surface area contributed by atoms with Gasteiger partial charge in [-0.3, -0.25) is 4.79 Å². The number of esters is 1. The monoisotopic (exact) mass is 322 g/mol. The Morgan fingerprint density at radius 1 is 1.56 bits per heavy atom. The molecule has 0 radical (unpaired) electrons. The number of hydrogen-bond donors (Lipinski definition) is 0. The normalized spacial score (nSPS) is 11.1. The van der Waals surface area contributed by atoms with Crippen LogP contribution in [0.3, 0.4) is 0 Å². The van der Waals surface area contributed by atoms with Crippen LogP contribution in [0.5, 0.6) is 0 Å². The molecule has 0 aromatic heterocycles. The first-order valence-corrected chi connectivity index (χ1v) is 4.62. The van der Waals surface area contributed by atoms with Crippen molar-refractivity contribution in [2.75, 3.05) is 0 Å². The van der Waals surface area contributed by atoms with Crippen LogP contribution in [0.1, 0.15) is 13.3 Å². The highest BCUT2D eigenvalue weighted by Crippen LogP contribution is 2.34. The van der Waals surface area contributed by atoms with Crippen LogP contribution in [0.25, 0.3) is 0 Å². The van der Waals surface area contributed by atoms with Crippen LogP contribution in [0.15, 0.2) is 0 Å². The van der Waals surface area contributed by atoms with Crippen molar-refractivity contribution >= 4 is 53.8 Å². The Balaban J connectivity index is 3.60. The Bertz CT molecular complexity index is 107. The molecule has 0 aromatic carbocycles. The number of ether oxygens (including phenoxy) is 1. The van der Waals surface area contributed by atoms with Crippen molar-refractivity contribution in [3.63, 3.8) is 0 Å². The van der Waals surface area contributed by atoms with Crippen LogP contribution in [0, 0.1) is 0 Å². The molecule has 0 unspecified atom stereocenters. The molecule has 0 saturated carbocycles. The van der Waals surface area contributed by atoms with Crippen molar-refractivity contribution in [2.24, 2.45) is 0 Å². The summed E-state index contributed by atoms with van der Waals surface area (Å²) in [5, 5.41) is 0. The van der Waals surface area contributed by atoms with E-state index >= 15 is 0 Å². The number of carbonyl (C=O) groups is 1. The summed E-state index contributed by atoms with van der Waals surface area (Å²) in [6.45, 7) is 1.72. The van der Waals surface area contributed by atoms with Gasteiger partial charge < -0.3 is 4.74 Å². The second kappa shape index (κ2) is 3.93. The van der Waals surface area contributed by atoms with E-state index in [-0.39, 0.29) is 5.97 Å². The number of rotatable bonds is 1. The summed E-state index contributed by atoms with van der Waals surface area (Å²) in [6, 6.07) is 0. The summed E-state index contributed by atoms with van der Waals surface area (Å²) in [4.78, 5) is 10.5. The Kier molecular flexibility index (Phi) is 4.33. The topological polar surface area (TPSA) is 26.3 Å². The first-order chi connectivity index (χ1) is 3.95. The third-order valence-electron chi connectivity index (χ3n) is 0.518. The van der Waals surface area contributed by atoms with E-state index in [0.717, 1.165) is 0 Å². The average molecular weight is 325 g/mol. The average Bonchev–Trinajstić information content (AvgIpc) is 1.62. The fourth-order valence-electron chi connectivity index (χ4n) is 0.201. The lowest BCUT2D eigenvalue weighted by molar-refractivity contribution is -0.142. The minimum atomic E-state index is -0.889. The Hall–Kier alpha value is 0.910.